The summed E-state index contributed by atoms with van der Waals surface area (Å²) in [5.41, 5.74) is -3.28. The van der Waals surface area contributed by atoms with Crippen molar-refractivity contribution in [1.29, 1.82) is 0 Å². The normalized spacial score (nSPS) is 16.8. The average molecular weight is 450 g/mol. The fourth-order valence-electron chi connectivity index (χ4n) is 2.99. The fourth-order valence-corrected chi connectivity index (χ4v) is 3.17. The quantitative estimate of drug-likeness (QED) is 0.512. The Kier molecular flexibility index (Phi) is 6.03. The Bertz CT molecular complexity index is 952. The molecular weight excluding hydrogens is 436 g/mol. The lowest BCUT2D eigenvalue weighted by Gasteiger charge is -2.22. The Labute approximate surface area is 172 Å². The van der Waals surface area contributed by atoms with Gasteiger partial charge in [-0.1, -0.05) is 17.7 Å². The smallest absolute Gasteiger partial charge is 0.416 e. The first kappa shape index (κ1) is 22.0. The third-order valence-corrected chi connectivity index (χ3v) is 4.62. The first-order chi connectivity index (χ1) is 13.9. The van der Waals surface area contributed by atoms with Crippen molar-refractivity contribution in [2.45, 2.75) is 31.3 Å². The van der Waals surface area contributed by atoms with Crippen LogP contribution in [-0.2, 0) is 17.1 Å². The Hall–Kier alpha value is -2.68. The Morgan fingerprint density at radius 3 is 2.17 bits per heavy atom. The van der Waals surface area contributed by atoms with Crippen LogP contribution in [0.1, 0.15) is 46.0 Å². The molecule has 1 N–H and O–H groups in total. The number of ether oxygens (including phenoxy) is 1. The maximum absolute atomic E-state index is 13.0. The average Bonchev–Trinajstić information content (AvgIpc) is 2.67. The van der Waals surface area contributed by atoms with E-state index in [2.05, 4.69) is 5.32 Å². The van der Waals surface area contributed by atoms with Crippen molar-refractivity contribution in [1.82, 2.24) is 0 Å². The molecule has 10 heteroatoms. The topological polar surface area (TPSA) is 38.3 Å². The molecule has 1 heterocycles. The first-order valence-electron chi connectivity index (χ1n) is 8.66. The van der Waals surface area contributed by atoms with E-state index in [1.807, 2.05) is 0 Å². The van der Waals surface area contributed by atoms with E-state index in [1.54, 1.807) is 6.08 Å². The number of benzene rings is 2. The largest absolute Gasteiger partial charge is 0.494 e. The second-order valence-electron chi connectivity index (χ2n) is 6.55. The third-order valence-electron chi connectivity index (χ3n) is 4.39. The van der Waals surface area contributed by atoms with Gasteiger partial charge in [0.05, 0.1) is 17.4 Å². The lowest BCUT2D eigenvalue weighted by atomic mass is 9.97. The van der Waals surface area contributed by atoms with Gasteiger partial charge in [-0.2, -0.15) is 26.3 Å². The number of alkyl halides is 6. The number of nitrogens with one attached hydrogen (secondary N) is 1. The van der Waals surface area contributed by atoms with Crippen LogP contribution in [0, 0.1) is 0 Å². The summed E-state index contributed by atoms with van der Waals surface area (Å²) in [7, 11) is 0. The zero-order valence-corrected chi connectivity index (χ0v) is 15.8. The van der Waals surface area contributed by atoms with Crippen LogP contribution in [0.15, 0.2) is 48.7 Å². The summed E-state index contributed by atoms with van der Waals surface area (Å²) >= 11 is 5.94. The van der Waals surface area contributed by atoms with E-state index in [0.29, 0.717) is 30.5 Å². The van der Waals surface area contributed by atoms with E-state index in [0.717, 1.165) is 0 Å². The maximum atomic E-state index is 13.0. The number of halogens is 7. The zero-order valence-electron chi connectivity index (χ0n) is 15.1. The molecule has 2 aromatic rings. The molecule has 1 unspecified atom stereocenters. The van der Waals surface area contributed by atoms with Crippen LogP contribution in [0.25, 0.3) is 0 Å². The highest BCUT2D eigenvalue weighted by atomic mass is 35.5. The highest BCUT2D eigenvalue weighted by molar-refractivity contribution is 6.31. The molecule has 1 aliphatic heterocycles. The van der Waals surface area contributed by atoms with Gasteiger partial charge in [-0.25, -0.2) is 0 Å². The van der Waals surface area contributed by atoms with Gasteiger partial charge in [0.25, 0.3) is 5.91 Å². The molecule has 160 valence electrons. The molecule has 2 aromatic carbocycles. The number of anilines is 1. The minimum Gasteiger partial charge on any atom is -0.494 e. The summed E-state index contributed by atoms with van der Waals surface area (Å²) in [6.07, 6.45) is -6.08. The fraction of sp³-hybridized carbons (Fsp3) is 0.250. The van der Waals surface area contributed by atoms with Gasteiger partial charge >= 0.3 is 12.4 Å². The highest BCUT2D eigenvalue weighted by Gasteiger charge is 2.37. The van der Waals surface area contributed by atoms with Gasteiger partial charge in [0, 0.05) is 21.8 Å². The molecule has 0 aliphatic carbocycles. The molecule has 0 saturated heterocycles. The molecule has 1 atom stereocenters. The molecule has 0 spiro atoms. The SMILES string of the molecule is O=C(Nc1cc(C(F)(F)F)cc(C(F)(F)F)c1)c1cc(Cl)ccc1C1CCC=CO1. The van der Waals surface area contributed by atoms with Gasteiger partial charge in [0.2, 0.25) is 0 Å². The van der Waals surface area contributed by atoms with E-state index in [9.17, 15) is 31.1 Å². The van der Waals surface area contributed by atoms with E-state index in [-0.39, 0.29) is 16.7 Å². The van der Waals surface area contributed by atoms with Gasteiger partial charge < -0.3 is 10.1 Å². The van der Waals surface area contributed by atoms with Crippen LogP contribution in [0.2, 0.25) is 5.02 Å². The summed E-state index contributed by atoms with van der Waals surface area (Å²) in [6.45, 7) is 0. The van der Waals surface area contributed by atoms with Crippen molar-refractivity contribution in [3.05, 3.63) is 76.0 Å². The van der Waals surface area contributed by atoms with Crippen LogP contribution >= 0.6 is 11.6 Å². The summed E-state index contributed by atoms with van der Waals surface area (Å²) in [5.74, 6) is -0.905. The van der Waals surface area contributed by atoms with Crippen LogP contribution < -0.4 is 5.32 Å². The number of hydrogen-bond acceptors (Lipinski definition) is 2. The molecule has 0 aromatic heterocycles. The van der Waals surface area contributed by atoms with Gasteiger partial charge in [-0.15, -0.1) is 0 Å². The summed E-state index contributed by atoms with van der Waals surface area (Å²) in [4.78, 5) is 12.7. The Morgan fingerprint density at radius 1 is 1.00 bits per heavy atom. The monoisotopic (exact) mass is 449 g/mol. The van der Waals surface area contributed by atoms with Crippen LogP contribution in [0.5, 0.6) is 0 Å². The van der Waals surface area contributed by atoms with E-state index >= 15 is 0 Å². The molecule has 30 heavy (non-hydrogen) atoms. The van der Waals surface area contributed by atoms with E-state index in [1.165, 1.54) is 24.5 Å². The molecule has 3 nitrogen and oxygen atoms in total. The molecule has 0 saturated carbocycles. The third kappa shape index (κ3) is 5.08. The Morgan fingerprint density at radius 2 is 1.63 bits per heavy atom. The van der Waals surface area contributed by atoms with Gasteiger partial charge in [-0.3, -0.25) is 4.79 Å². The number of amides is 1. The van der Waals surface area contributed by atoms with E-state index < -0.39 is 41.2 Å². The molecule has 1 amide bonds. The number of carbonyl (C=O) groups is 1. The predicted molar refractivity (Wildman–Crippen MR) is 98.1 cm³/mol. The number of allylic oxidation sites excluding steroid dienone is 1. The highest BCUT2D eigenvalue weighted by Crippen LogP contribution is 2.38. The summed E-state index contributed by atoms with van der Waals surface area (Å²) in [5, 5.41) is 2.29. The van der Waals surface area contributed by atoms with Gasteiger partial charge in [-0.05, 0) is 49.2 Å². The number of hydrogen-bond donors (Lipinski definition) is 1. The zero-order chi connectivity index (χ0) is 22.1. The van der Waals surface area contributed by atoms with Gasteiger partial charge in [0.15, 0.2) is 0 Å². The van der Waals surface area contributed by atoms with Crippen molar-refractivity contribution in [3.63, 3.8) is 0 Å². The van der Waals surface area contributed by atoms with Crippen molar-refractivity contribution >= 4 is 23.2 Å². The Balaban J connectivity index is 1.98. The molecular formula is C20H14ClF6NO2. The van der Waals surface area contributed by atoms with Crippen LogP contribution in [-0.4, -0.2) is 5.91 Å². The number of carbonyl (C=O) groups excluding carboxylic acids is 1. The maximum Gasteiger partial charge on any atom is 0.416 e. The molecule has 3 rings (SSSR count). The lowest BCUT2D eigenvalue weighted by Crippen LogP contribution is -2.18. The first-order valence-corrected chi connectivity index (χ1v) is 9.03. The van der Waals surface area contributed by atoms with Gasteiger partial charge in [0.1, 0.15) is 6.10 Å². The van der Waals surface area contributed by atoms with Crippen molar-refractivity contribution < 1.29 is 35.9 Å². The standard InChI is InChI=1S/C20H14ClF6NO2/c21-13-4-5-15(17-3-1-2-6-30-17)16(10-13)18(29)28-14-8-11(19(22,23)24)7-12(9-14)20(25,26)27/h2,4-10,17H,1,3H2,(H,28,29). The second kappa shape index (κ2) is 8.22. The molecule has 0 radical (unpaired) electrons. The van der Waals surface area contributed by atoms with E-state index in [4.69, 9.17) is 16.3 Å². The summed E-state index contributed by atoms with van der Waals surface area (Å²) < 4.78 is 83.7. The lowest BCUT2D eigenvalue weighted by molar-refractivity contribution is -0.143. The van der Waals surface area contributed by atoms with Crippen molar-refractivity contribution in [3.8, 4) is 0 Å². The minimum absolute atomic E-state index is 0.00577. The van der Waals surface area contributed by atoms with Crippen LogP contribution in [0.4, 0.5) is 32.0 Å². The molecule has 0 bridgehead atoms. The van der Waals surface area contributed by atoms with Crippen LogP contribution in [0.3, 0.4) is 0 Å². The van der Waals surface area contributed by atoms with Crippen molar-refractivity contribution in [2.75, 3.05) is 5.32 Å². The van der Waals surface area contributed by atoms with Crippen molar-refractivity contribution in [2.24, 2.45) is 0 Å². The molecule has 0 fully saturated rings. The predicted octanol–water partition coefficient (Wildman–Crippen LogP) is 7.00. The minimum atomic E-state index is -5.02. The summed E-state index contributed by atoms with van der Waals surface area (Å²) in [6, 6.07) is 5.21. The number of rotatable bonds is 3. The molecule has 1 aliphatic rings. The second-order valence-corrected chi connectivity index (χ2v) is 6.99.